The van der Waals surface area contributed by atoms with Gasteiger partial charge in [0.05, 0.1) is 150 Å². The van der Waals surface area contributed by atoms with Gasteiger partial charge in [-0.05, 0) is 115 Å². The number of carbonyl (C=O) groups excluding carboxylic acids is 3. The molecule has 0 spiro atoms. The molecule has 2 amide bonds. The molecular formula is C67H98N3O24S3+. The highest BCUT2D eigenvalue weighted by Crippen LogP contribution is 2.52. The molecule has 27 nitrogen and oxygen atoms in total. The first-order chi connectivity index (χ1) is 46.1. The van der Waals surface area contributed by atoms with Crippen LogP contribution in [0.5, 0.6) is 0 Å². The average Bonchev–Trinajstić information content (AvgIpc) is 1.13. The zero-order valence-corrected chi connectivity index (χ0v) is 59.3. The highest BCUT2D eigenvalue weighted by Gasteiger charge is 2.45. The van der Waals surface area contributed by atoms with E-state index in [1.165, 1.54) is 18.2 Å². The van der Waals surface area contributed by atoms with Crippen LogP contribution in [-0.4, -0.2) is 225 Å². The van der Waals surface area contributed by atoms with E-state index in [4.69, 9.17) is 56.6 Å². The number of amides is 2. The molecule has 2 aromatic carbocycles. The molecule has 0 aliphatic carbocycles. The van der Waals surface area contributed by atoms with Gasteiger partial charge in [0.1, 0.15) is 0 Å². The van der Waals surface area contributed by atoms with Crippen LogP contribution in [0.15, 0.2) is 81.8 Å². The van der Waals surface area contributed by atoms with E-state index in [1.54, 1.807) is 37.3 Å². The van der Waals surface area contributed by atoms with E-state index in [9.17, 15) is 53.3 Å². The maximum absolute atomic E-state index is 13.1. The third-order valence-corrected chi connectivity index (χ3v) is 18.9. The fourth-order valence-electron chi connectivity index (χ4n) is 11.5. The minimum atomic E-state index is -4.72. The quantitative estimate of drug-likeness (QED) is 0.0158. The largest absolute Gasteiger partial charge is 0.382 e. The van der Waals surface area contributed by atoms with Gasteiger partial charge >= 0.3 is 17.3 Å². The summed E-state index contributed by atoms with van der Waals surface area (Å²) >= 11 is 0. The minimum absolute atomic E-state index is 0.0407. The molecule has 1 fully saturated rings. The zero-order chi connectivity index (χ0) is 70.7. The van der Waals surface area contributed by atoms with Crippen molar-refractivity contribution in [3.63, 3.8) is 0 Å². The summed E-state index contributed by atoms with van der Waals surface area (Å²) in [6.45, 7) is 17.1. The smallest absolute Gasteiger partial charge is 0.362 e. The number of hydrogen-bond acceptors (Lipinski definition) is 22. The molecule has 1 aromatic heterocycles. The lowest BCUT2D eigenvalue weighted by molar-refractivity contribution is -0.197. The summed E-state index contributed by atoms with van der Waals surface area (Å²) in [4.78, 5) is 46.2. The minimum Gasteiger partial charge on any atom is -0.382 e. The van der Waals surface area contributed by atoms with Crippen LogP contribution in [0, 0.1) is 0 Å². The van der Waals surface area contributed by atoms with Crippen LogP contribution < -0.4 is 9.80 Å². The van der Waals surface area contributed by atoms with E-state index in [1.807, 2.05) is 65.0 Å². The molecule has 3 aliphatic heterocycles. The number of anilines is 2. The van der Waals surface area contributed by atoms with E-state index >= 15 is 0 Å². The predicted octanol–water partition coefficient (Wildman–Crippen LogP) is 7.99. The summed E-state index contributed by atoms with van der Waals surface area (Å²) in [5.74, 6) is -2.55. The SMILES string of the molecule is COCCOCCOCCOCCOCCC1(CCOCCOCCOCCOCCOC)C=C(C)c2cc3c(/C=C/C=C/C=C4\N(CCCS(=O)(=O)O)c5ccc(S(=O)(=O)O)cc5C4(C)CCCC(=O)ON4C(=O)CCC4=O)cc(C(C)(C)C)[o+]c3cc2N1CCCS(=O)(=O)O. The van der Waals surface area contributed by atoms with Gasteiger partial charge in [0.2, 0.25) is 0 Å². The zero-order valence-electron chi connectivity index (χ0n) is 56.8. The van der Waals surface area contributed by atoms with Crippen molar-refractivity contribution in [2.45, 2.75) is 114 Å². The Bertz CT molecular complexity index is 3500. The Morgan fingerprint density at radius 3 is 1.62 bits per heavy atom. The highest BCUT2D eigenvalue weighted by molar-refractivity contribution is 7.86. The first-order valence-corrected chi connectivity index (χ1v) is 37.2. The average molecular weight is 1430 g/mol. The number of carbonyl (C=O) groups is 3. The molecule has 1 saturated heterocycles. The van der Waals surface area contributed by atoms with Gasteiger partial charge in [-0.1, -0.05) is 30.4 Å². The number of fused-ring (bicyclic) bond motifs is 3. The van der Waals surface area contributed by atoms with Crippen molar-refractivity contribution < 1.29 is 110 Å². The normalized spacial score (nSPS) is 17.2. The van der Waals surface area contributed by atoms with Crippen LogP contribution in [-0.2, 0) is 108 Å². The number of methoxy groups -OCH3 is 2. The second-order valence-electron chi connectivity index (χ2n) is 24.8. The summed E-state index contributed by atoms with van der Waals surface area (Å²) in [7, 11) is -10.2. The molecule has 1 unspecified atom stereocenters. The summed E-state index contributed by atoms with van der Waals surface area (Å²) in [6, 6.07) is 10.0. The number of nitrogens with zero attached hydrogens (tertiary/aromatic N) is 3. The molecule has 3 aromatic rings. The second kappa shape index (κ2) is 38.8. The van der Waals surface area contributed by atoms with Crippen molar-refractivity contribution in [2.75, 3.05) is 168 Å². The lowest BCUT2D eigenvalue weighted by atomic mass is 9.77. The number of hydrogen-bond donors (Lipinski definition) is 3. The topological polar surface area (TPSA) is 337 Å². The highest BCUT2D eigenvalue weighted by atomic mass is 32.2. The molecule has 0 bridgehead atoms. The number of ether oxygens (including phenoxy) is 10. The van der Waals surface area contributed by atoms with Crippen molar-refractivity contribution >= 4 is 82.1 Å². The van der Waals surface area contributed by atoms with Crippen molar-refractivity contribution in [2.24, 2.45) is 0 Å². The first kappa shape index (κ1) is 80.3. The van der Waals surface area contributed by atoms with Crippen molar-refractivity contribution in [1.82, 2.24) is 5.06 Å². The van der Waals surface area contributed by atoms with E-state index < -0.39 is 80.9 Å². The maximum atomic E-state index is 13.1. The van der Waals surface area contributed by atoms with Gasteiger partial charge in [-0.3, -0.25) is 23.2 Å². The van der Waals surface area contributed by atoms with Crippen LogP contribution in [0.3, 0.4) is 0 Å². The Balaban J connectivity index is 1.31. The van der Waals surface area contributed by atoms with Gasteiger partial charge in [0.25, 0.3) is 42.2 Å². The van der Waals surface area contributed by atoms with Gasteiger partial charge < -0.3 is 62.0 Å². The molecular weight excluding hydrogens is 1330 g/mol. The lowest BCUT2D eigenvalue weighted by Gasteiger charge is -2.48. The monoisotopic (exact) mass is 1420 g/mol. The Morgan fingerprint density at radius 1 is 0.619 bits per heavy atom. The fourth-order valence-corrected chi connectivity index (χ4v) is 13.0. The van der Waals surface area contributed by atoms with Crippen molar-refractivity contribution in [3.05, 3.63) is 94.9 Å². The van der Waals surface area contributed by atoms with Crippen LogP contribution in [0.4, 0.5) is 11.4 Å². The summed E-state index contributed by atoms with van der Waals surface area (Å²) in [5.41, 5.74) is 2.90. The van der Waals surface area contributed by atoms with Crippen LogP contribution in [0.1, 0.15) is 115 Å². The molecule has 3 N–H and O–H groups in total. The Labute approximate surface area is 570 Å². The molecule has 6 rings (SSSR count). The summed E-state index contributed by atoms with van der Waals surface area (Å²) in [6.07, 6.45) is 12.0. The molecule has 542 valence electrons. The Hall–Kier alpha value is -5.65. The van der Waals surface area contributed by atoms with Crippen LogP contribution in [0.2, 0.25) is 0 Å². The Kier molecular flexibility index (Phi) is 32.1. The standard InChI is InChI=1S/C67H97N3O24S3/c1-51-50-67(22-26-85-32-34-89-40-42-91-38-36-87-30-28-83-6,23-27-86-33-35-90-41-43-92-39-37-88-31-29-84-7)69(25-13-45-96(77,78)79)58-49-59-55(48-54(51)58)52(46-61(93-59)65(2,3)4)14-9-8-10-15-60-66(5,21-11-16-64(73)94-70-62(71)19-20-63(70)72)56-47-53(97(80,81)82)17-18-57(56)68(60)24-12-44-95(74,75)76/h8-10,14-15,17-18,46-50H,11-13,16,19-45H2,1-7H3,(H2-,74,75,76,77,78,79,80,81,82)/p+1/b10-8+,14-9+,60-15-. The van der Waals surface area contributed by atoms with E-state index in [0.717, 1.165) is 27.8 Å². The summed E-state index contributed by atoms with van der Waals surface area (Å²) in [5, 5.41) is 1.21. The molecule has 30 heteroatoms. The van der Waals surface area contributed by atoms with Crippen LogP contribution >= 0.6 is 0 Å². The first-order valence-electron chi connectivity index (χ1n) is 32.6. The van der Waals surface area contributed by atoms with Gasteiger partial charge in [0, 0.05) is 93.8 Å². The van der Waals surface area contributed by atoms with Crippen molar-refractivity contribution in [3.8, 4) is 0 Å². The van der Waals surface area contributed by atoms with Crippen molar-refractivity contribution in [1.29, 1.82) is 0 Å². The van der Waals surface area contributed by atoms with Gasteiger partial charge in [-0.15, -0.1) is 5.06 Å². The number of imide groups is 1. The number of hydroxylamine groups is 2. The van der Waals surface area contributed by atoms with E-state index in [0.29, 0.717) is 152 Å². The van der Waals surface area contributed by atoms with E-state index in [-0.39, 0.29) is 71.2 Å². The lowest BCUT2D eigenvalue weighted by Crippen LogP contribution is -2.52. The number of allylic oxidation sites excluding steroid dienone is 6. The molecule has 97 heavy (non-hydrogen) atoms. The molecule has 3 aliphatic rings. The van der Waals surface area contributed by atoms with E-state index in [2.05, 4.69) is 11.0 Å². The Morgan fingerprint density at radius 2 is 1.12 bits per heavy atom. The predicted molar refractivity (Wildman–Crippen MR) is 363 cm³/mol. The molecule has 0 radical (unpaired) electrons. The third kappa shape index (κ3) is 25.5. The molecule has 1 atom stereocenters. The van der Waals surface area contributed by atoms with Gasteiger partial charge in [0.15, 0.2) is 0 Å². The summed E-state index contributed by atoms with van der Waals surface area (Å²) < 4.78 is 167. The second-order valence-corrected chi connectivity index (χ2v) is 29.3. The molecule has 0 saturated carbocycles. The third-order valence-electron chi connectivity index (χ3n) is 16.4. The van der Waals surface area contributed by atoms with Crippen LogP contribution in [0.25, 0.3) is 22.6 Å². The molecule has 4 heterocycles. The number of benzene rings is 2. The van der Waals surface area contributed by atoms with Gasteiger partial charge in [-0.25, -0.2) is 9.21 Å². The van der Waals surface area contributed by atoms with Gasteiger partial charge in [-0.2, -0.15) is 25.3 Å². The maximum Gasteiger partial charge on any atom is 0.362 e. The number of rotatable bonds is 47. The fraction of sp³-hybridized carbons (Fsp3) is 0.612.